The number of hydrogen-bond acceptors (Lipinski definition) is 5. The van der Waals surface area contributed by atoms with E-state index in [2.05, 4.69) is 20.0 Å². The molecule has 1 rings (SSSR count). The van der Waals surface area contributed by atoms with Gasteiger partial charge in [0.05, 0.1) is 6.04 Å². The van der Waals surface area contributed by atoms with E-state index in [1.165, 1.54) is 6.39 Å². The second-order valence-corrected chi connectivity index (χ2v) is 4.73. The van der Waals surface area contributed by atoms with Crippen molar-refractivity contribution in [1.29, 1.82) is 0 Å². The van der Waals surface area contributed by atoms with E-state index in [1.807, 2.05) is 20.8 Å². The van der Waals surface area contributed by atoms with Crippen LogP contribution in [0.3, 0.4) is 0 Å². The molecule has 0 aliphatic carbocycles. The minimum Gasteiger partial charge on any atom is -0.354 e. The molecule has 1 aromatic rings. The number of nitrogens with one attached hydrogen (secondary N) is 1. The first-order valence-electron chi connectivity index (χ1n) is 5.20. The third-order valence-corrected chi connectivity index (χ3v) is 2.27. The molecule has 0 unspecified atom stereocenters. The Morgan fingerprint density at radius 1 is 1.62 bits per heavy atom. The maximum atomic E-state index is 11.6. The maximum absolute atomic E-state index is 11.6. The summed E-state index contributed by atoms with van der Waals surface area (Å²) in [4.78, 5) is 15.5. The molecule has 0 radical (unpaired) electrons. The smallest absolute Gasteiger partial charge is 0.237 e. The molecule has 6 heteroatoms. The second-order valence-electron chi connectivity index (χ2n) is 4.73. The van der Waals surface area contributed by atoms with E-state index in [-0.39, 0.29) is 11.3 Å². The number of amides is 1. The van der Waals surface area contributed by atoms with E-state index >= 15 is 0 Å². The van der Waals surface area contributed by atoms with Crippen molar-refractivity contribution in [1.82, 2.24) is 15.5 Å². The summed E-state index contributed by atoms with van der Waals surface area (Å²) >= 11 is 0. The molecule has 0 aliphatic rings. The molecule has 1 atom stereocenters. The predicted octanol–water partition coefficient (Wildman–Crippen LogP) is 0.102. The Hall–Kier alpha value is -1.43. The van der Waals surface area contributed by atoms with Gasteiger partial charge in [0.1, 0.15) is 0 Å². The number of hydrogen-bond donors (Lipinski definition) is 2. The van der Waals surface area contributed by atoms with Gasteiger partial charge in [0, 0.05) is 13.0 Å². The molecule has 1 aromatic heterocycles. The third-order valence-electron chi connectivity index (χ3n) is 2.27. The van der Waals surface area contributed by atoms with Crippen LogP contribution in [0, 0.1) is 5.41 Å². The standard InChI is InChI=1S/C10H18N4O2/c1-10(2,3)8(11)9(15)12-5-4-7-13-6-16-14-7/h6,8H,4-5,11H2,1-3H3,(H,12,15)/t8-/m1/s1. The van der Waals surface area contributed by atoms with Crippen LogP contribution >= 0.6 is 0 Å². The van der Waals surface area contributed by atoms with Crippen molar-refractivity contribution in [2.75, 3.05) is 6.54 Å². The SMILES string of the molecule is CC(C)(C)[C@H](N)C(=O)NCCc1ncon1. The van der Waals surface area contributed by atoms with Crippen molar-refractivity contribution in [3.63, 3.8) is 0 Å². The lowest BCUT2D eigenvalue weighted by Gasteiger charge is -2.25. The molecule has 0 fully saturated rings. The second kappa shape index (κ2) is 5.07. The molecule has 16 heavy (non-hydrogen) atoms. The van der Waals surface area contributed by atoms with Crippen molar-refractivity contribution in [2.24, 2.45) is 11.1 Å². The van der Waals surface area contributed by atoms with E-state index in [0.29, 0.717) is 18.8 Å². The van der Waals surface area contributed by atoms with Gasteiger partial charge >= 0.3 is 0 Å². The highest BCUT2D eigenvalue weighted by Crippen LogP contribution is 2.16. The average Bonchev–Trinajstić information content (AvgIpc) is 2.67. The van der Waals surface area contributed by atoms with Gasteiger partial charge in [-0.25, -0.2) is 0 Å². The molecular weight excluding hydrogens is 208 g/mol. The van der Waals surface area contributed by atoms with Crippen molar-refractivity contribution >= 4 is 5.91 Å². The molecule has 0 saturated carbocycles. The fourth-order valence-corrected chi connectivity index (χ4v) is 1.10. The van der Waals surface area contributed by atoms with Gasteiger partial charge in [-0.3, -0.25) is 4.79 Å². The van der Waals surface area contributed by atoms with E-state index in [0.717, 1.165) is 0 Å². The topological polar surface area (TPSA) is 94.0 Å². The minimum absolute atomic E-state index is 0.156. The number of aromatic nitrogens is 2. The van der Waals surface area contributed by atoms with Crippen LogP contribution in [0.25, 0.3) is 0 Å². The highest BCUT2D eigenvalue weighted by Gasteiger charge is 2.26. The molecule has 0 aromatic carbocycles. The van der Waals surface area contributed by atoms with Crippen LogP contribution < -0.4 is 11.1 Å². The van der Waals surface area contributed by atoms with Gasteiger partial charge in [0.25, 0.3) is 0 Å². The van der Waals surface area contributed by atoms with Gasteiger partial charge in [-0.05, 0) is 5.41 Å². The molecular formula is C10H18N4O2. The lowest BCUT2D eigenvalue weighted by Crippen LogP contribution is -2.49. The zero-order valence-electron chi connectivity index (χ0n) is 9.86. The molecule has 3 N–H and O–H groups in total. The normalized spacial score (nSPS) is 13.5. The summed E-state index contributed by atoms with van der Waals surface area (Å²) in [6.45, 7) is 6.24. The van der Waals surface area contributed by atoms with Crippen LogP contribution in [0.5, 0.6) is 0 Å². The van der Waals surface area contributed by atoms with Crippen LogP contribution in [-0.4, -0.2) is 28.6 Å². The highest BCUT2D eigenvalue weighted by molar-refractivity contribution is 5.82. The highest BCUT2D eigenvalue weighted by atomic mass is 16.5. The Morgan fingerprint density at radius 3 is 2.81 bits per heavy atom. The lowest BCUT2D eigenvalue weighted by molar-refractivity contribution is -0.124. The quantitative estimate of drug-likeness (QED) is 0.759. The van der Waals surface area contributed by atoms with E-state index in [9.17, 15) is 4.79 Å². The van der Waals surface area contributed by atoms with Gasteiger partial charge in [0.15, 0.2) is 5.82 Å². The Morgan fingerprint density at radius 2 is 2.31 bits per heavy atom. The zero-order valence-corrected chi connectivity index (χ0v) is 9.86. The number of carbonyl (C=O) groups excluding carboxylic acids is 1. The van der Waals surface area contributed by atoms with Gasteiger partial charge in [-0.2, -0.15) is 4.98 Å². The van der Waals surface area contributed by atoms with E-state index in [1.54, 1.807) is 0 Å². The summed E-state index contributed by atoms with van der Waals surface area (Å²) in [6, 6.07) is -0.516. The first-order valence-corrected chi connectivity index (χ1v) is 5.20. The van der Waals surface area contributed by atoms with Crippen LogP contribution in [0.15, 0.2) is 10.9 Å². The largest absolute Gasteiger partial charge is 0.354 e. The van der Waals surface area contributed by atoms with E-state index in [4.69, 9.17) is 5.73 Å². The summed E-state index contributed by atoms with van der Waals surface area (Å²) in [5.74, 6) is 0.417. The van der Waals surface area contributed by atoms with Gasteiger partial charge in [-0.15, -0.1) is 0 Å². The van der Waals surface area contributed by atoms with Gasteiger partial charge in [-0.1, -0.05) is 25.9 Å². The monoisotopic (exact) mass is 226 g/mol. The van der Waals surface area contributed by atoms with Gasteiger partial charge in [0.2, 0.25) is 12.3 Å². The van der Waals surface area contributed by atoms with Crippen molar-refractivity contribution in [2.45, 2.75) is 33.2 Å². The first-order chi connectivity index (χ1) is 7.41. The fourth-order valence-electron chi connectivity index (χ4n) is 1.10. The van der Waals surface area contributed by atoms with Crippen LogP contribution in [0.4, 0.5) is 0 Å². The number of rotatable bonds is 4. The Bertz CT molecular complexity index is 329. The van der Waals surface area contributed by atoms with Gasteiger partial charge < -0.3 is 15.6 Å². The average molecular weight is 226 g/mol. The molecule has 6 nitrogen and oxygen atoms in total. The lowest BCUT2D eigenvalue weighted by atomic mass is 9.87. The van der Waals surface area contributed by atoms with E-state index < -0.39 is 6.04 Å². The predicted molar refractivity (Wildman–Crippen MR) is 58.4 cm³/mol. The maximum Gasteiger partial charge on any atom is 0.237 e. The minimum atomic E-state index is -0.516. The van der Waals surface area contributed by atoms with Crippen molar-refractivity contribution < 1.29 is 9.32 Å². The molecule has 0 bridgehead atoms. The first kappa shape index (κ1) is 12.6. The summed E-state index contributed by atoms with van der Waals surface area (Å²) in [5, 5.41) is 6.38. The summed E-state index contributed by atoms with van der Waals surface area (Å²) in [6.07, 6.45) is 1.80. The number of carbonyl (C=O) groups is 1. The summed E-state index contributed by atoms with van der Waals surface area (Å²) in [5.41, 5.74) is 5.55. The third kappa shape index (κ3) is 3.62. The summed E-state index contributed by atoms with van der Waals surface area (Å²) < 4.78 is 4.58. The summed E-state index contributed by atoms with van der Waals surface area (Å²) in [7, 11) is 0. The Kier molecular flexibility index (Phi) is 4.00. The molecule has 0 aliphatic heterocycles. The van der Waals surface area contributed by atoms with Crippen LogP contribution in [0.2, 0.25) is 0 Å². The Balaban J connectivity index is 2.30. The fraction of sp³-hybridized carbons (Fsp3) is 0.700. The molecule has 1 amide bonds. The molecule has 0 spiro atoms. The molecule has 1 heterocycles. The molecule has 90 valence electrons. The number of nitrogens with two attached hydrogens (primary N) is 1. The van der Waals surface area contributed by atoms with Crippen molar-refractivity contribution in [3.8, 4) is 0 Å². The number of nitrogens with zero attached hydrogens (tertiary/aromatic N) is 2. The zero-order chi connectivity index (χ0) is 12.2. The van der Waals surface area contributed by atoms with Crippen LogP contribution in [-0.2, 0) is 11.2 Å². The Labute approximate surface area is 94.6 Å². The van der Waals surface area contributed by atoms with Crippen molar-refractivity contribution in [3.05, 3.63) is 12.2 Å². The van der Waals surface area contributed by atoms with Crippen LogP contribution in [0.1, 0.15) is 26.6 Å². The molecule has 0 saturated heterocycles.